The van der Waals surface area contributed by atoms with Crippen molar-refractivity contribution < 1.29 is 19.1 Å². The van der Waals surface area contributed by atoms with Crippen LogP contribution in [-0.2, 0) is 11.3 Å². The van der Waals surface area contributed by atoms with Crippen LogP contribution in [0.3, 0.4) is 0 Å². The summed E-state index contributed by atoms with van der Waals surface area (Å²) in [6.45, 7) is 8.28. The van der Waals surface area contributed by atoms with Crippen molar-refractivity contribution in [3.05, 3.63) is 72.6 Å². The third-order valence-electron chi connectivity index (χ3n) is 5.35. The molecule has 1 unspecified atom stereocenters. The number of rotatable bonds is 12. The van der Waals surface area contributed by atoms with E-state index in [9.17, 15) is 9.59 Å². The predicted molar refractivity (Wildman–Crippen MR) is 141 cm³/mol. The molecule has 1 atom stereocenters. The van der Waals surface area contributed by atoms with Crippen molar-refractivity contribution in [3.8, 4) is 11.5 Å². The van der Waals surface area contributed by atoms with E-state index in [4.69, 9.17) is 9.47 Å². The molecule has 0 bridgehead atoms. The van der Waals surface area contributed by atoms with Crippen molar-refractivity contribution in [3.63, 3.8) is 0 Å². The Kier molecular flexibility index (Phi) is 9.52. The number of carbonyl (C=O) groups is 2. The summed E-state index contributed by atoms with van der Waals surface area (Å²) < 4.78 is 12.2. The number of carbonyl (C=O) groups excluding carboxylic acids is 2. The number of amides is 2. The molecule has 0 fully saturated rings. The summed E-state index contributed by atoms with van der Waals surface area (Å²) >= 11 is 1.27. The Balaban J connectivity index is 1.72. The third kappa shape index (κ3) is 6.88. The second-order valence-electron chi connectivity index (χ2n) is 8.23. The fraction of sp³-hybridized carbons (Fsp3) is 0.308. The number of hydrogen-bond acceptors (Lipinski definition) is 7. The zero-order valence-corrected chi connectivity index (χ0v) is 21.7. The second-order valence-corrected chi connectivity index (χ2v) is 9.17. The van der Waals surface area contributed by atoms with Crippen LogP contribution >= 0.6 is 11.8 Å². The van der Waals surface area contributed by atoms with Crippen molar-refractivity contribution in [2.24, 2.45) is 5.92 Å². The monoisotopic (exact) mass is 509 g/mol. The number of ether oxygens (including phenoxy) is 2. The van der Waals surface area contributed by atoms with E-state index in [2.05, 4.69) is 27.4 Å². The SMILES string of the molecule is C=CCn1c(SCC(=O)Nc2ccc(OC)cc2)nnc1C(NC(=O)c1ccc(OC)cc1)C(C)C. The topological polar surface area (TPSA) is 107 Å². The largest absolute Gasteiger partial charge is 0.497 e. The van der Waals surface area contributed by atoms with Crippen LogP contribution in [0.15, 0.2) is 66.3 Å². The van der Waals surface area contributed by atoms with Gasteiger partial charge in [0.2, 0.25) is 5.91 Å². The van der Waals surface area contributed by atoms with Gasteiger partial charge in [0.1, 0.15) is 11.5 Å². The number of benzene rings is 2. The van der Waals surface area contributed by atoms with E-state index in [0.717, 1.165) is 0 Å². The van der Waals surface area contributed by atoms with E-state index in [1.54, 1.807) is 68.8 Å². The Hall–Kier alpha value is -3.79. The molecule has 10 heteroatoms. The predicted octanol–water partition coefficient (Wildman–Crippen LogP) is 4.34. The lowest BCUT2D eigenvalue weighted by Gasteiger charge is -2.22. The zero-order chi connectivity index (χ0) is 26.1. The molecule has 0 saturated heterocycles. The van der Waals surface area contributed by atoms with Crippen LogP contribution in [0.1, 0.15) is 36.1 Å². The molecule has 3 rings (SSSR count). The lowest BCUT2D eigenvalue weighted by molar-refractivity contribution is -0.113. The van der Waals surface area contributed by atoms with Crippen LogP contribution in [0.2, 0.25) is 0 Å². The van der Waals surface area contributed by atoms with Crippen molar-refractivity contribution in [1.29, 1.82) is 0 Å². The highest BCUT2D eigenvalue weighted by molar-refractivity contribution is 7.99. The normalized spacial score (nSPS) is 11.6. The van der Waals surface area contributed by atoms with E-state index in [-0.39, 0.29) is 23.5 Å². The molecule has 2 aromatic carbocycles. The lowest BCUT2D eigenvalue weighted by atomic mass is 10.0. The number of aromatic nitrogens is 3. The molecule has 9 nitrogen and oxygen atoms in total. The Bertz CT molecular complexity index is 1180. The number of nitrogens with zero attached hydrogens (tertiary/aromatic N) is 3. The van der Waals surface area contributed by atoms with Gasteiger partial charge in [0, 0.05) is 17.8 Å². The third-order valence-corrected chi connectivity index (χ3v) is 6.31. The molecule has 36 heavy (non-hydrogen) atoms. The molecule has 0 aliphatic carbocycles. The van der Waals surface area contributed by atoms with Crippen molar-refractivity contribution in [2.75, 3.05) is 25.3 Å². The molecule has 190 valence electrons. The summed E-state index contributed by atoms with van der Waals surface area (Å²) in [7, 11) is 3.17. The van der Waals surface area contributed by atoms with Crippen molar-refractivity contribution >= 4 is 29.3 Å². The summed E-state index contributed by atoms with van der Waals surface area (Å²) in [6, 6.07) is 13.6. The fourth-order valence-corrected chi connectivity index (χ4v) is 4.19. The molecule has 0 spiro atoms. The Morgan fingerprint density at radius 3 is 2.19 bits per heavy atom. The molecular weight excluding hydrogens is 478 g/mol. The first-order chi connectivity index (χ1) is 17.4. The quantitative estimate of drug-likeness (QED) is 0.276. The Morgan fingerprint density at radius 2 is 1.64 bits per heavy atom. The van der Waals surface area contributed by atoms with Crippen LogP contribution in [0.5, 0.6) is 11.5 Å². The molecule has 0 aliphatic rings. The van der Waals surface area contributed by atoms with E-state index in [1.165, 1.54) is 11.8 Å². The van der Waals surface area contributed by atoms with Gasteiger partial charge in [-0.3, -0.25) is 9.59 Å². The van der Waals surface area contributed by atoms with Crippen LogP contribution in [-0.4, -0.2) is 46.6 Å². The average molecular weight is 510 g/mol. The van der Waals surface area contributed by atoms with Gasteiger partial charge in [-0.05, 0) is 54.4 Å². The van der Waals surface area contributed by atoms with Gasteiger partial charge in [-0.2, -0.15) is 0 Å². The summed E-state index contributed by atoms with van der Waals surface area (Å²) in [5.74, 6) is 1.78. The standard InChI is InChI=1S/C26H31N5O4S/c1-6-15-31-24(23(17(2)3)28-25(33)18-7-11-20(34-4)12-8-18)29-30-26(31)36-16-22(32)27-19-9-13-21(35-5)14-10-19/h6-14,17,23H,1,15-16H2,2-5H3,(H,27,32)(H,28,33). The van der Waals surface area contributed by atoms with E-state index in [1.807, 2.05) is 18.4 Å². The average Bonchev–Trinajstić information content (AvgIpc) is 3.28. The van der Waals surface area contributed by atoms with Gasteiger partial charge in [0.05, 0.1) is 26.0 Å². The highest BCUT2D eigenvalue weighted by Crippen LogP contribution is 2.26. The molecule has 0 aliphatic heterocycles. The van der Waals surface area contributed by atoms with Crippen molar-refractivity contribution in [1.82, 2.24) is 20.1 Å². The minimum atomic E-state index is -0.394. The lowest BCUT2D eigenvalue weighted by Crippen LogP contribution is -2.33. The number of thioether (sulfide) groups is 1. The molecule has 1 aromatic heterocycles. The Labute approximate surface area is 215 Å². The van der Waals surface area contributed by atoms with Gasteiger partial charge < -0.3 is 24.7 Å². The molecule has 2 amide bonds. The maximum atomic E-state index is 12.9. The molecular formula is C26H31N5O4S. The van der Waals surface area contributed by atoms with E-state index < -0.39 is 6.04 Å². The van der Waals surface area contributed by atoms with Gasteiger partial charge in [0.15, 0.2) is 11.0 Å². The van der Waals surface area contributed by atoms with Crippen LogP contribution in [0.4, 0.5) is 5.69 Å². The molecule has 1 heterocycles. The van der Waals surface area contributed by atoms with Gasteiger partial charge in [0.25, 0.3) is 5.91 Å². The summed E-state index contributed by atoms with van der Waals surface area (Å²) in [5.41, 5.74) is 1.19. The van der Waals surface area contributed by atoms with Crippen LogP contribution < -0.4 is 20.1 Å². The minimum Gasteiger partial charge on any atom is -0.497 e. The van der Waals surface area contributed by atoms with Crippen molar-refractivity contribution in [2.45, 2.75) is 31.6 Å². The van der Waals surface area contributed by atoms with Gasteiger partial charge in [-0.1, -0.05) is 31.7 Å². The molecule has 2 N–H and O–H groups in total. The maximum Gasteiger partial charge on any atom is 0.251 e. The number of allylic oxidation sites excluding steroid dienone is 1. The second kappa shape index (κ2) is 12.8. The number of hydrogen-bond donors (Lipinski definition) is 2. The van der Waals surface area contributed by atoms with Gasteiger partial charge in [-0.25, -0.2) is 0 Å². The highest BCUT2D eigenvalue weighted by atomic mass is 32.2. The molecule has 3 aromatic rings. The first-order valence-electron chi connectivity index (χ1n) is 11.4. The van der Waals surface area contributed by atoms with Gasteiger partial charge >= 0.3 is 0 Å². The van der Waals surface area contributed by atoms with Gasteiger partial charge in [-0.15, -0.1) is 16.8 Å². The summed E-state index contributed by atoms with van der Waals surface area (Å²) in [5, 5.41) is 15.2. The number of methoxy groups -OCH3 is 2. The highest BCUT2D eigenvalue weighted by Gasteiger charge is 2.26. The maximum absolute atomic E-state index is 12.9. The van der Waals surface area contributed by atoms with Crippen LogP contribution in [0, 0.1) is 5.92 Å². The zero-order valence-electron chi connectivity index (χ0n) is 20.9. The first kappa shape index (κ1) is 26.8. The van der Waals surface area contributed by atoms with Crippen LogP contribution in [0.25, 0.3) is 0 Å². The molecule has 0 radical (unpaired) electrons. The minimum absolute atomic E-state index is 0.0381. The molecule has 0 saturated carbocycles. The number of nitrogens with one attached hydrogen (secondary N) is 2. The van der Waals surface area contributed by atoms with E-state index in [0.29, 0.717) is 40.3 Å². The summed E-state index contributed by atoms with van der Waals surface area (Å²) in [4.78, 5) is 25.4. The fourth-order valence-electron chi connectivity index (χ4n) is 3.44. The Morgan fingerprint density at radius 1 is 1.03 bits per heavy atom. The summed E-state index contributed by atoms with van der Waals surface area (Å²) in [6.07, 6.45) is 1.73. The van der Waals surface area contributed by atoms with E-state index >= 15 is 0 Å². The number of anilines is 1. The smallest absolute Gasteiger partial charge is 0.251 e. The first-order valence-corrected chi connectivity index (χ1v) is 12.4.